The van der Waals surface area contributed by atoms with Crippen LogP contribution in [0.2, 0.25) is 10.0 Å². The highest BCUT2D eigenvalue weighted by Gasteiger charge is 2.41. The van der Waals surface area contributed by atoms with Crippen LogP contribution in [-0.2, 0) is 11.2 Å². The van der Waals surface area contributed by atoms with Crippen LogP contribution in [-0.4, -0.2) is 27.4 Å². The zero-order chi connectivity index (χ0) is 26.6. The van der Waals surface area contributed by atoms with Gasteiger partial charge in [-0.15, -0.1) is 0 Å². The Hall–Kier alpha value is -3.39. The normalized spacial score (nSPS) is 16.9. The van der Waals surface area contributed by atoms with Gasteiger partial charge >= 0.3 is 0 Å². The molecule has 1 saturated heterocycles. The minimum atomic E-state index is -0.320. The van der Waals surface area contributed by atoms with Gasteiger partial charge in [-0.25, -0.2) is 0 Å². The number of amides is 1. The lowest BCUT2D eigenvalue weighted by atomic mass is 10.0. The van der Waals surface area contributed by atoms with E-state index in [-0.39, 0.29) is 24.4 Å². The first-order valence-electron chi connectivity index (χ1n) is 12.4. The van der Waals surface area contributed by atoms with Crippen LogP contribution in [0.25, 0.3) is 11.3 Å². The molecule has 6 nitrogen and oxygen atoms in total. The van der Waals surface area contributed by atoms with Gasteiger partial charge in [0.25, 0.3) is 0 Å². The second-order valence-electron chi connectivity index (χ2n) is 8.93. The number of benzene rings is 2. The van der Waals surface area contributed by atoms with Crippen molar-refractivity contribution in [3.8, 4) is 11.3 Å². The van der Waals surface area contributed by atoms with Crippen LogP contribution in [0.4, 0.5) is 5.69 Å². The number of aryl methyl sites for hydroxylation is 1. The van der Waals surface area contributed by atoms with E-state index in [1.807, 2.05) is 71.6 Å². The molecule has 1 aliphatic rings. The monoisotopic (exact) mass is 564 g/mol. The van der Waals surface area contributed by atoms with E-state index in [9.17, 15) is 4.79 Å². The predicted molar refractivity (Wildman–Crippen MR) is 155 cm³/mol. The van der Waals surface area contributed by atoms with Crippen molar-refractivity contribution in [1.82, 2.24) is 15.2 Å². The van der Waals surface area contributed by atoms with Gasteiger partial charge in [0.1, 0.15) is 17.6 Å². The summed E-state index contributed by atoms with van der Waals surface area (Å²) in [7, 11) is 0. The van der Waals surface area contributed by atoms with E-state index in [0.717, 1.165) is 23.4 Å². The van der Waals surface area contributed by atoms with Crippen LogP contribution in [0.3, 0.4) is 0 Å². The molecule has 4 aromatic rings. The molecule has 2 aromatic carbocycles. The van der Waals surface area contributed by atoms with E-state index in [4.69, 9.17) is 39.8 Å². The molecule has 5 rings (SSSR count). The van der Waals surface area contributed by atoms with E-state index in [1.165, 1.54) is 0 Å². The summed E-state index contributed by atoms with van der Waals surface area (Å²) in [5.41, 5.74) is 3.45. The number of thiocarbonyl (C=S) groups is 1. The molecule has 0 radical (unpaired) electrons. The summed E-state index contributed by atoms with van der Waals surface area (Å²) in [6.45, 7) is 2.46. The Morgan fingerprint density at radius 1 is 1.08 bits per heavy atom. The number of rotatable bonds is 8. The van der Waals surface area contributed by atoms with Crippen molar-refractivity contribution in [1.29, 1.82) is 0 Å². The first-order valence-corrected chi connectivity index (χ1v) is 13.5. The van der Waals surface area contributed by atoms with Crippen molar-refractivity contribution in [2.75, 3.05) is 11.9 Å². The fourth-order valence-electron chi connectivity index (χ4n) is 4.69. The number of aromatic nitrogens is 1. The van der Waals surface area contributed by atoms with Gasteiger partial charge in [-0.05, 0) is 66.7 Å². The SMILES string of the molecule is CCc1ccccc1NC(=O)CCN1C(=S)N[C@H](c2ccccn2)[C@@H]1c1ccc(-c2cccc(Cl)c2Cl)o1. The summed E-state index contributed by atoms with van der Waals surface area (Å²) < 4.78 is 6.34. The molecular weight excluding hydrogens is 539 g/mol. The van der Waals surface area contributed by atoms with Crippen molar-refractivity contribution < 1.29 is 9.21 Å². The van der Waals surface area contributed by atoms with E-state index < -0.39 is 0 Å². The van der Waals surface area contributed by atoms with Gasteiger partial charge in [0, 0.05) is 30.4 Å². The number of pyridine rings is 1. The Morgan fingerprint density at radius 2 is 1.89 bits per heavy atom. The number of anilines is 1. The lowest BCUT2D eigenvalue weighted by Gasteiger charge is -2.26. The Labute approximate surface area is 237 Å². The summed E-state index contributed by atoms with van der Waals surface area (Å²) in [5, 5.41) is 7.84. The predicted octanol–water partition coefficient (Wildman–Crippen LogP) is 7.21. The average molecular weight is 566 g/mol. The molecule has 3 heterocycles. The fourth-order valence-corrected chi connectivity index (χ4v) is 5.42. The lowest BCUT2D eigenvalue weighted by molar-refractivity contribution is -0.116. The third-order valence-corrected chi connectivity index (χ3v) is 7.76. The molecule has 2 aromatic heterocycles. The lowest BCUT2D eigenvalue weighted by Crippen LogP contribution is -2.32. The van der Waals surface area contributed by atoms with Gasteiger partial charge in [-0.3, -0.25) is 9.78 Å². The van der Waals surface area contributed by atoms with Crippen LogP contribution >= 0.6 is 35.4 Å². The Balaban J connectivity index is 1.41. The second kappa shape index (κ2) is 11.6. The summed E-state index contributed by atoms with van der Waals surface area (Å²) in [6.07, 6.45) is 2.83. The molecule has 0 unspecified atom stereocenters. The smallest absolute Gasteiger partial charge is 0.226 e. The number of halogens is 2. The summed E-state index contributed by atoms with van der Waals surface area (Å²) in [6, 6.07) is 22.2. The second-order valence-corrected chi connectivity index (χ2v) is 10.1. The molecule has 2 N–H and O–H groups in total. The van der Waals surface area contributed by atoms with E-state index in [0.29, 0.717) is 38.8 Å². The largest absolute Gasteiger partial charge is 0.459 e. The molecule has 0 saturated carbocycles. The van der Waals surface area contributed by atoms with Gasteiger partial charge in [0.05, 0.1) is 21.8 Å². The highest BCUT2D eigenvalue weighted by Crippen LogP contribution is 2.42. The number of furan rings is 1. The van der Waals surface area contributed by atoms with Crippen LogP contribution in [0.15, 0.2) is 83.4 Å². The molecule has 194 valence electrons. The third kappa shape index (κ3) is 5.41. The topological polar surface area (TPSA) is 70.4 Å². The minimum absolute atomic E-state index is 0.0837. The third-order valence-electron chi connectivity index (χ3n) is 6.59. The maximum absolute atomic E-state index is 12.9. The summed E-state index contributed by atoms with van der Waals surface area (Å²) in [5.74, 6) is 1.19. The number of carbonyl (C=O) groups is 1. The van der Waals surface area contributed by atoms with E-state index in [2.05, 4.69) is 22.5 Å². The van der Waals surface area contributed by atoms with Gasteiger partial charge in [0.15, 0.2) is 5.11 Å². The van der Waals surface area contributed by atoms with Crippen molar-refractivity contribution in [2.45, 2.75) is 31.8 Å². The van der Waals surface area contributed by atoms with E-state index >= 15 is 0 Å². The van der Waals surface area contributed by atoms with Gasteiger partial charge in [0.2, 0.25) is 5.91 Å². The Bertz CT molecular complexity index is 1460. The minimum Gasteiger partial charge on any atom is -0.459 e. The van der Waals surface area contributed by atoms with Crippen molar-refractivity contribution in [2.24, 2.45) is 0 Å². The zero-order valence-corrected chi connectivity index (χ0v) is 23.0. The maximum Gasteiger partial charge on any atom is 0.226 e. The van der Waals surface area contributed by atoms with Gasteiger partial charge in [-0.2, -0.15) is 0 Å². The van der Waals surface area contributed by atoms with Crippen molar-refractivity contribution in [3.05, 3.63) is 106 Å². The van der Waals surface area contributed by atoms with E-state index in [1.54, 1.807) is 12.3 Å². The molecule has 9 heteroatoms. The molecule has 1 amide bonds. The molecule has 0 aliphatic carbocycles. The quantitative estimate of drug-likeness (QED) is 0.220. The van der Waals surface area contributed by atoms with Gasteiger partial charge in [-0.1, -0.05) is 60.5 Å². The highest BCUT2D eigenvalue weighted by atomic mass is 35.5. The van der Waals surface area contributed by atoms with Crippen LogP contribution in [0.1, 0.15) is 42.4 Å². The molecule has 1 fully saturated rings. The number of para-hydroxylation sites is 1. The number of carbonyl (C=O) groups excluding carboxylic acids is 1. The Morgan fingerprint density at radius 3 is 2.68 bits per heavy atom. The van der Waals surface area contributed by atoms with Crippen LogP contribution in [0, 0.1) is 0 Å². The summed E-state index contributed by atoms with van der Waals surface area (Å²) >= 11 is 18.4. The first-order chi connectivity index (χ1) is 18.5. The maximum atomic E-state index is 12.9. The highest BCUT2D eigenvalue weighted by molar-refractivity contribution is 7.80. The number of nitrogens with one attached hydrogen (secondary N) is 2. The van der Waals surface area contributed by atoms with Gasteiger partial charge < -0.3 is 20.0 Å². The fraction of sp³-hybridized carbons (Fsp3) is 0.207. The molecule has 2 atom stereocenters. The zero-order valence-electron chi connectivity index (χ0n) is 20.7. The Kier molecular flexibility index (Phi) is 7.98. The van der Waals surface area contributed by atoms with Crippen LogP contribution < -0.4 is 10.6 Å². The van der Waals surface area contributed by atoms with Crippen molar-refractivity contribution >= 4 is 52.1 Å². The average Bonchev–Trinajstić information content (AvgIpc) is 3.54. The van der Waals surface area contributed by atoms with Crippen LogP contribution in [0.5, 0.6) is 0 Å². The summed E-state index contributed by atoms with van der Waals surface area (Å²) in [4.78, 5) is 19.5. The molecule has 38 heavy (non-hydrogen) atoms. The molecule has 1 aliphatic heterocycles. The first kappa shape index (κ1) is 26.2. The number of nitrogens with zero attached hydrogens (tertiary/aromatic N) is 2. The number of hydrogen-bond acceptors (Lipinski definition) is 4. The standard InChI is InChI=1S/C29H26Cl2N4O2S/c1-2-18-8-3-4-11-21(18)33-25(36)15-17-35-28(27(34-29(35)38)22-12-5-6-16-32-22)24-14-13-23(37-24)19-9-7-10-20(30)26(19)31/h3-14,16,27-28H,2,15,17H2,1H3,(H,33,36)(H,34,38)/t27-,28+/m1/s1. The molecule has 0 bridgehead atoms. The molecular formula is C29H26Cl2N4O2S. The number of hydrogen-bond donors (Lipinski definition) is 2. The van der Waals surface area contributed by atoms with Crippen molar-refractivity contribution in [3.63, 3.8) is 0 Å². The molecule has 0 spiro atoms.